The van der Waals surface area contributed by atoms with Gasteiger partial charge < -0.3 is 33.8 Å². The summed E-state index contributed by atoms with van der Waals surface area (Å²) in [6.07, 6.45) is 84.6. The number of esters is 4. The number of phosphoric acid groups is 2. The van der Waals surface area contributed by atoms with Gasteiger partial charge in [0.1, 0.15) is 19.3 Å². The smallest absolute Gasteiger partial charge is 0.462 e. The van der Waals surface area contributed by atoms with Crippen LogP contribution in [0.4, 0.5) is 0 Å². The van der Waals surface area contributed by atoms with Crippen molar-refractivity contribution < 1.29 is 80.2 Å². The molecule has 0 aromatic heterocycles. The summed E-state index contributed by atoms with van der Waals surface area (Å²) in [7, 11) is -9.98. The quantitative estimate of drug-likeness (QED) is 0.0169. The molecule has 0 aliphatic heterocycles. The molecule has 0 aliphatic carbocycles. The Balaban J connectivity index is 5.41. The van der Waals surface area contributed by atoms with Crippen molar-refractivity contribution in [2.75, 3.05) is 39.6 Å². The maximum atomic E-state index is 13.1. The zero-order chi connectivity index (χ0) is 76.0. The lowest BCUT2D eigenvalue weighted by atomic mass is 10.0. The third-order valence-corrected chi connectivity index (χ3v) is 18.9. The van der Waals surface area contributed by atoms with Gasteiger partial charge in [-0.2, -0.15) is 0 Å². The van der Waals surface area contributed by atoms with Crippen LogP contribution in [0.5, 0.6) is 0 Å². The summed E-state index contributed by atoms with van der Waals surface area (Å²) in [6.45, 7) is 4.59. The van der Waals surface area contributed by atoms with Gasteiger partial charge in [0, 0.05) is 25.7 Å². The van der Waals surface area contributed by atoms with E-state index in [4.69, 9.17) is 37.0 Å². The predicted octanol–water partition coefficient (Wildman–Crippen LogP) is 23.9. The molecule has 5 atom stereocenters. The normalized spacial score (nSPS) is 14.5. The molecule has 0 aromatic rings. The molecule has 0 spiro atoms. The maximum absolute atomic E-state index is 13.1. The number of carbonyl (C=O) groups is 4. The van der Waals surface area contributed by atoms with Gasteiger partial charge in [-0.25, -0.2) is 9.13 Å². The standard InChI is InChI=1S/C85H146O17P2/c1-5-9-13-17-21-25-29-33-36-38-39-41-44-47-50-54-58-62-66-70-83(88)96-76-81(102-85(90)72-68-64-60-56-52-48-42-35-31-27-23-19-15-11-7-3)78-100-104(93,94)98-74-79(86)73-97-103(91,92)99-77-80(101-84(89)71-67-63-59-55-51-45-32-28-24-20-16-12-8-4)75-95-82(87)69-65-61-57-53-49-46-43-40-37-34-30-26-22-18-14-10-6-2/h9-10,13-14,21-22,25-26,33-34,36-37,39,41,43,46-47,50,53,57,79-81,86H,5-8,11-12,15-20,23-24,27-32,35,38,40,42,44-45,48-49,51-52,54-56,58-78H2,1-4H3,(H,91,92)(H,93,94)/b13-9-,14-10-,25-21-,26-22-,36-33-,37-34-,41-39-,46-43-,50-47-,57-53-. The van der Waals surface area contributed by atoms with Crippen LogP contribution in [0, 0.1) is 0 Å². The third kappa shape index (κ3) is 75.7. The minimum atomic E-state index is -4.99. The number of unbranched alkanes of at least 4 members (excludes halogenated alkanes) is 30. The van der Waals surface area contributed by atoms with E-state index in [9.17, 15) is 43.2 Å². The first-order chi connectivity index (χ1) is 50.7. The first-order valence-corrected chi connectivity index (χ1v) is 43.8. The largest absolute Gasteiger partial charge is 0.472 e. The van der Waals surface area contributed by atoms with Crippen LogP contribution in [-0.4, -0.2) is 96.7 Å². The van der Waals surface area contributed by atoms with Gasteiger partial charge >= 0.3 is 39.5 Å². The topological polar surface area (TPSA) is 237 Å². The van der Waals surface area contributed by atoms with Crippen molar-refractivity contribution in [2.45, 2.75) is 354 Å². The zero-order valence-electron chi connectivity index (χ0n) is 65.4. The molecule has 0 amide bonds. The Labute approximate surface area is 632 Å². The maximum Gasteiger partial charge on any atom is 0.472 e. The van der Waals surface area contributed by atoms with Gasteiger partial charge in [0.25, 0.3) is 0 Å². The molecule has 3 N–H and O–H groups in total. The monoisotopic (exact) mass is 1500 g/mol. The molecule has 5 unspecified atom stereocenters. The van der Waals surface area contributed by atoms with Gasteiger partial charge in [-0.1, -0.05) is 323 Å². The number of ether oxygens (including phenoxy) is 4. The number of aliphatic hydroxyl groups excluding tert-OH is 1. The summed E-state index contributed by atoms with van der Waals surface area (Å²) in [5.41, 5.74) is 0. The van der Waals surface area contributed by atoms with E-state index in [1.807, 2.05) is 12.2 Å². The first-order valence-electron chi connectivity index (χ1n) is 40.8. The summed E-state index contributed by atoms with van der Waals surface area (Å²) < 4.78 is 68.6. The highest BCUT2D eigenvalue weighted by Gasteiger charge is 2.30. The van der Waals surface area contributed by atoms with Crippen molar-refractivity contribution in [1.82, 2.24) is 0 Å². The van der Waals surface area contributed by atoms with Crippen LogP contribution >= 0.6 is 15.6 Å². The zero-order valence-corrected chi connectivity index (χ0v) is 67.2. The molecule has 0 radical (unpaired) electrons. The number of phosphoric ester groups is 2. The Hall–Kier alpha value is -4.54. The number of hydrogen-bond acceptors (Lipinski definition) is 15. The molecule has 19 heteroatoms. The Morgan fingerprint density at radius 1 is 0.279 bits per heavy atom. The first kappa shape index (κ1) is 99.5. The van der Waals surface area contributed by atoms with E-state index in [1.165, 1.54) is 116 Å². The summed E-state index contributed by atoms with van der Waals surface area (Å²) in [5, 5.41) is 10.6. The van der Waals surface area contributed by atoms with Gasteiger partial charge in [-0.05, 0) is 109 Å². The highest BCUT2D eigenvalue weighted by atomic mass is 31.2. The van der Waals surface area contributed by atoms with Crippen molar-refractivity contribution in [1.29, 1.82) is 0 Å². The lowest BCUT2D eigenvalue weighted by Gasteiger charge is -2.21. The van der Waals surface area contributed by atoms with E-state index in [0.717, 1.165) is 135 Å². The fourth-order valence-corrected chi connectivity index (χ4v) is 12.4. The minimum Gasteiger partial charge on any atom is -0.462 e. The van der Waals surface area contributed by atoms with E-state index in [-0.39, 0.29) is 25.7 Å². The second kappa shape index (κ2) is 76.6. The summed E-state index contributed by atoms with van der Waals surface area (Å²) in [4.78, 5) is 73.0. The molecule has 0 aromatic carbocycles. The predicted molar refractivity (Wildman–Crippen MR) is 427 cm³/mol. The third-order valence-electron chi connectivity index (χ3n) is 17.0. The van der Waals surface area contributed by atoms with E-state index in [1.54, 1.807) is 0 Å². The van der Waals surface area contributed by atoms with Crippen LogP contribution in [0.25, 0.3) is 0 Å². The number of aliphatic hydroxyl groups is 1. The average Bonchev–Trinajstić information content (AvgIpc) is 0.911. The molecule has 0 saturated heterocycles. The summed E-state index contributed by atoms with van der Waals surface area (Å²) in [5.74, 6) is -2.26. The SMILES string of the molecule is CC/C=C\C/C=C\C/C=C\C/C=C\C/C=C\CCCCCC(=O)OCC(COP(=O)(O)OCC(O)COP(=O)(O)OCC(COC(=O)CCC/C=C\C/C=C\C/C=C\C/C=C\C/C=C\CC)OC(=O)CCCCCCCCCCCCCCC)OC(=O)CCCCCCCCCCCCCCCCC. The van der Waals surface area contributed by atoms with Crippen molar-refractivity contribution in [3.05, 3.63) is 122 Å². The molecule has 0 saturated carbocycles. The van der Waals surface area contributed by atoms with Crippen LogP contribution in [0.2, 0.25) is 0 Å². The number of carbonyl (C=O) groups excluding carboxylic acids is 4. The summed E-state index contributed by atoms with van der Waals surface area (Å²) >= 11 is 0. The molecular weight excluding hydrogens is 1350 g/mol. The van der Waals surface area contributed by atoms with E-state index >= 15 is 0 Å². The van der Waals surface area contributed by atoms with Gasteiger partial charge in [0.15, 0.2) is 12.2 Å². The fourth-order valence-electron chi connectivity index (χ4n) is 10.8. The van der Waals surface area contributed by atoms with Crippen LogP contribution < -0.4 is 0 Å². The lowest BCUT2D eigenvalue weighted by Crippen LogP contribution is -2.30. The molecule has 0 bridgehead atoms. The molecule has 0 fully saturated rings. The lowest BCUT2D eigenvalue weighted by molar-refractivity contribution is -0.161. The van der Waals surface area contributed by atoms with E-state index < -0.39 is 97.5 Å². The van der Waals surface area contributed by atoms with Gasteiger partial charge in [-0.3, -0.25) is 37.3 Å². The number of rotatable bonds is 76. The Morgan fingerprint density at radius 3 is 0.808 bits per heavy atom. The molecule has 0 aliphatic rings. The molecule has 17 nitrogen and oxygen atoms in total. The van der Waals surface area contributed by atoms with Crippen LogP contribution in [0.3, 0.4) is 0 Å². The highest BCUT2D eigenvalue weighted by molar-refractivity contribution is 7.47. The van der Waals surface area contributed by atoms with Gasteiger partial charge in [0.2, 0.25) is 0 Å². The Morgan fingerprint density at radius 2 is 0.510 bits per heavy atom. The summed E-state index contributed by atoms with van der Waals surface area (Å²) in [6, 6.07) is 0. The van der Waals surface area contributed by atoms with Crippen molar-refractivity contribution >= 4 is 39.5 Å². The number of allylic oxidation sites excluding steroid dienone is 20. The fraction of sp³-hybridized carbons (Fsp3) is 0.718. The van der Waals surface area contributed by atoms with Gasteiger partial charge in [-0.15, -0.1) is 0 Å². The second-order valence-corrected chi connectivity index (χ2v) is 29.9. The van der Waals surface area contributed by atoms with Gasteiger partial charge in [0.05, 0.1) is 26.4 Å². The van der Waals surface area contributed by atoms with Crippen molar-refractivity contribution in [3.8, 4) is 0 Å². The molecule has 104 heavy (non-hydrogen) atoms. The van der Waals surface area contributed by atoms with Crippen molar-refractivity contribution in [2.24, 2.45) is 0 Å². The molecule has 0 rings (SSSR count). The van der Waals surface area contributed by atoms with E-state index in [0.29, 0.717) is 32.1 Å². The molecular formula is C85H146O17P2. The van der Waals surface area contributed by atoms with Crippen LogP contribution in [-0.2, 0) is 65.4 Å². The molecule has 598 valence electrons. The number of hydrogen-bond donors (Lipinski definition) is 3. The molecule has 0 heterocycles. The average molecular weight is 1500 g/mol. The highest BCUT2D eigenvalue weighted by Crippen LogP contribution is 2.45. The Kier molecular flexibility index (Phi) is 73.3. The van der Waals surface area contributed by atoms with Crippen LogP contribution in [0.15, 0.2) is 122 Å². The minimum absolute atomic E-state index is 0.0832. The van der Waals surface area contributed by atoms with E-state index in [2.05, 4.69) is 137 Å². The second-order valence-electron chi connectivity index (χ2n) is 27.0. The Bertz CT molecular complexity index is 2440. The van der Waals surface area contributed by atoms with Crippen molar-refractivity contribution in [3.63, 3.8) is 0 Å². The van der Waals surface area contributed by atoms with Crippen LogP contribution in [0.1, 0.15) is 336 Å².